The van der Waals surface area contributed by atoms with Crippen LogP contribution in [0.15, 0.2) is 48.5 Å². The molecule has 9 heteroatoms. The second kappa shape index (κ2) is 9.39. The fraction of sp³-hybridized carbons (Fsp3) is 0.381. The molecule has 30 heavy (non-hydrogen) atoms. The molecular formula is C21H27N2O6P. The molecule has 2 N–H and O–H groups in total. The number of hydrogen-bond acceptors (Lipinski definition) is 5. The Morgan fingerprint density at radius 2 is 1.90 bits per heavy atom. The smallest absolute Gasteiger partial charge is 0.356 e. The fourth-order valence-electron chi connectivity index (χ4n) is 3.32. The summed E-state index contributed by atoms with van der Waals surface area (Å²) in [5.74, 6) is 0.164. The summed E-state index contributed by atoms with van der Waals surface area (Å²) in [4.78, 5) is 31.5. The second-order valence-corrected chi connectivity index (χ2v) is 9.11. The Morgan fingerprint density at radius 1 is 1.17 bits per heavy atom. The third-order valence-electron chi connectivity index (χ3n) is 4.97. The minimum Gasteiger partial charge on any atom is -0.370 e. The SMILES string of the molecule is COC1CN(COCc2cccc(P(=O)(O)O)c2)N(c2cccc(C(C)C)c2)C1=O. The number of amides is 1. The number of carbonyl (C=O) groups excluding carboxylic acids is 1. The average Bonchev–Trinajstić information content (AvgIpc) is 3.03. The van der Waals surface area contributed by atoms with Crippen molar-refractivity contribution >= 4 is 24.5 Å². The lowest BCUT2D eigenvalue weighted by molar-refractivity contribution is -0.125. The summed E-state index contributed by atoms with van der Waals surface area (Å²) >= 11 is 0. The van der Waals surface area contributed by atoms with Gasteiger partial charge in [0.15, 0.2) is 6.10 Å². The van der Waals surface area contributed by atoms with E-state index in [0.29, 0.717) is 18.0 Å². The van der Waals surface area contributed by atoms with Crippen molar-refractivity contribution in [3.8, 4) is 0 Å². The predicted molar refractivity (Wildman–Crippen MR) is 113 cm³/mol. The number of hydrazine groups is 1. The van der Waals surface area contributed by atoms with Crippen LogP contribution in [-0.4, -0.2) is 47.2 Å². The number of anilines is 1. The number of nitrogens with zero attached hydrogens (tertiary/aromatic N) is 2. The molecule has 8 nitrogen and oxygen atoms in total. The lowest BCUT2D eigenvalue weighted by Gasteiger charge is -2.27. The van der Waals surface area contributed by atoms with Crippen LogP contribution in [0.5, 0.6) is 0 Å². The summed E-state index contributed by atoms with van der Waals surface area (Å²) in [5, 5.41) is 3.29. The maximum absolute atomic E-state index is 12.8. The van der Waals surface area contributed by atoms with Crippen molar-refractivity contribution in [3.63, 3.8) is 0 Å². The molecule has 1 saturated heterocycles. The molecule has 0 bridgehead atoms. The normalized spacial score (nSPS) is 17.9. The lowest BCUT2D eigenvalue weighted by Crippen LogP contribution is -2.40. The summed E-state index contributed by atoms with van der Waals surface area (Å²) in [7, 11) is -2.81. The maximum Gasteiger partial charge on any atom is 0.356 e. The zero-order chi connectivity index (χ0) is 21.9. The maximum atomic E-state index is 12.8. The standard InChI is InChI=1S/C21H27N2O6P/c1-15(2)17-7-5-8-18(11-17)23-21(24)20(28-3)12-22(23)14-29-13-16-6-4-9-19(10-16)30(25,26)27/h4-11,15,20H,12-14H2,1-3H3,(H2,25,26,27). The first kappa shape index (κ1) is 22.6. The van der Waals surface area contributed by atoms with E-state index in [1.54, 1.807) is 22.2 Å². The van der Waals surface area contributed by atoms with Crippen molar-refractivity contribution in [1.82, 2.24) is 5.01 Å². The van der Waals surface area contributed by atoms with Gasteiger partial charge in [0, 0.05) is 7.11 Å². The van der Waals surface area contributed by atoms with Crippen LogP contribution in [0.25, 0.3) is 0 Å². The molecule has 3 rings (SSSR count). The number of carbonyl (C=O) groups is 1. The van der Waals surface area contributed by atoms with Gasteiger partial charge in [-0.05, 0) is 41.3 Å². The van der Waals surface area contributed by atoms with Gasteiger partial charge in [0.1, 0.15) is 6.73 Å². The van der Waals surface area contributed by atoms with E-state index in [-0.39, 0.29) is 24.5 Å². The Balaban J connectivity index is 1.73. The molecule has 0 aliphatic carbocycles. The minimum absolute atomic E-state index is 0.0495. The van der Waals surface area contributed by atoms with Crippen LogP contribution in [0, 0.1) is 0 Å². The first-order chi connectivity index (χ1) is 14.2. The van der Waals surface area contributed by atoms with Gasteiger partial charge in [-0.1, -0.05) is 38.1 Å². The Morgan fingerprint density at radius 3 is 2.57 bits per heavy atom. The molecule has 1 unspecified atom stereocenters. The molecule has 0 spiro atoms. The van der Waals surface area contributed by atoms with Crippen molar-refractivity contribution in [2.45, 2.75) is 32.5 Å². The van der Waals surface area contributed by atoms with Crippen molar-refractivity contribution < 1.29 is 28.6 Å². The van der Waals surface area contributed by atoms with Crippen molar-refractivity contribution in [2.75, 3.05) is 25.4 Å². The highest BCUT2D eigenvalue weighted by molar-refractivity contribution is 7.60. The van der Waals surface area contributed by atoms with Crippen LogP contribution >= 0.6 is 7.60 Å². The van der Waals surface area contributed by atoms with E-state index in [1.807, 2.05) is 24.3 Å². The van der Waals surface area contributed by atoms with Gasteiger partial charge in [0.05, 0.1) is 24.1 Å². The van der Waals surface area contributed by atoms with Gasteiger partial charge in [-0.3, -0.25) is 9.36 Å². The first-order valence-electron chi connectivity index (χ1n) is 9.65. The average molecular weight is 434 g/mol. The molecule has 0 radical (unpaired) electrons. The molecule has 162 valence electrons. The predicted octanol–water partition coefficient (Wildman–Crippen LogP) is 2.37. The summed E-state index contributed by atoms with van der Waals surface area (Å²) in [6.45, 7) is 4.81. The molecule has 0 saturated carbocycles. The number of rotatable bonds is 8. The molecule has 1 aliphatic rings. The second-order valence-electron chi connectivity index (χ2n) is 7.50. The highest BCUT2D eigenvalue weighted by atomic mass is 31.2. The monoisotopic (exact) mass is 434 g/mol. The quantitative estimate of drug-likeness (QED) is 0.616. The molecule has 1 amide bonds. The van der Waals surface area contributed by atoms with E-state index >= 15 is 0 Å². The Kier molecular flexibility index (Phi) is 7.08. The van der Waals surface area contributed by atoms with Gasteiger partial charge in [-0.15, -0.1) is 0 Å². The molecule has 1 heterocycles. The fourth-order valence-corrected chi connectivity index (χ4v) is 3.93. The topological polar surface area (TPSA) is 99.5 Å². The lowest BCUT2D eigenvalue weighted by atomic mass is 10.0. The number of hydrogen-bond donors (Lipinski definition) is 2. The van der Waals surface area contributed by atoms with E-state index in [0.717, 1.165) is 11.3 Å². The summed E-state index contributed by atoms with van der Waals surface area (Å²) < 4.78 is 22.5. The Bertz CT molecular complexity index is 945. The van der Waals surface area contributed by atoms with Gasteiger partial charge in [-0.25, -0.2) is 5.01 Å². The van der Waals surface area contributed by atoms with Crippen molar-refractivity contribution in [1.29, 1.82) is 0 Å². The number of methoxy groups -OCH3 is 1. The molecule has 0 aromatic heterocycles. The third-order valence-corrected chi connectivity index (χ3v) is 5.92. The zero-order valence-corrected chi connectivity index (χ0v) is 18.2. The Labute approximate surface area is 176 Å². The minimum atomic E-state index is -4.32. The summed E-state index contributed by atoms with van der Waals surface area (Å²) in [6.07, 6.45) is -0.589. The Hall–Kier alpha value is -2.06. The number of ether oxygens (including phenoxy) is 2. The van der Waals surface area contributed by atoms with Gasteiger partial charge in [-0.2, -0.15) is 5.01 Å². The zero-order valence-electron chi connectivity index (χ0n) is 17.3. The third kappa shape index (κ3) is 5.16. The van der Waals surface area contributed by atoms with Gasteiger partial charge < -0.3 is 19.3 Å². The molecule has 1 fully saturated rings. The first-order valence-corrected chi connectivity index (χ1v) is 11.3. The molecule has 1 aliphatic heterocycles. The van der Waals surface area contributed by atoms with E-state index in [9.17, 15) is 19.1 Å². The van der Waals surface area contributed by atoms with Crippen molar-refractivity contribution in [2.24, 2.45) is 0 Å². The van der Waals surface area contributed by atoms with Crippen LogP contribution < -0.4 is 10.3 Å². The van der Waals surface area contributed by atoms with Crippen LogP contribution in [0.4, 0.5) is 5.69 Å². The van der Waals surface area contributed by atoms with Crippen LogP contribution in [0.3, 0.4) is 0 Å². The van der Waals surface area contributed by atoms with Crippen molar-refractivity contribution in [3.05, 3.63) is 59.7 Å². The largest absolute Gasteiger partial charge is 0.370 e. The van der Waals surface area contributed by atoms with Crippen LogP contribution in [0.1, 0.15) is 30.9 Å². The molecule has 1 atom stereocenters. The summed E-state index contributed by atoms with van der Waals surface area (Å²) in [5.41, 5.74) is 2.51. The van der Waals surface area contributed by atoms with Crippen LogP contribution in [-0.2, 0) is 25.4 Å². The van der Waals surface area contributed by atoms with E-state index < -0.39 is 13.7 Å². The van der Waals surface area contributed by atoms with E-state index in [4.69, 9.17) is 9.47 Å². The molecule has 2 aromatic carbocycles. The summed E-state index contributed by atoms with van der Waals surface area (Å²) in [6, 6.07) is 13.9. The van der Waals surface area contributed by atoms with E-state index in [2.05, 4.69) is 13.8 Å². The van der Waals surface area contributed by atoms with Gasteiger partial charge in [0.2, 0.25) is 0 Å². The highest BCUT2D eigenvalue weighted by Crippen LogP contribution is 2.33. The number of benzene rings is 2. The highest BCUT2D eigenvalue weighted by Gasteiger charge is 2.39. The van der Waals surface area contributed by atoms with Gasteiger partial charge in [0.25, 0.3) is 5.91 Å². The van der Waals surface area contributed by atoms with Crippen LogP contribution in [0.2, 0.25) is 0 Å². The molecular weight excluding hydrogens is 407 g/mol. The van der Waals surface area contributed by atoms with E-state index in [1.165, 1.54) is 19.2 Å². The van der Waals surface area contributed by atoms with Gasteiger partial charge >= 0.3 is 7.60 Å². The molecule has 2 aromatic rings.